The average molecular weight is 843 g/mol. The first kappa shape index (κ1) is 50.8. The summed E-state index contributed by atoms with van der Waals surface area (Å²) in [5.41, 5.74) is 12.8. The van der Waals surface area contributed by atoms with Crippen molar-refractivity contribution >= 4 is 53.2 Å². The van der Waals surface area contributed by atoms with Gasteiger partial charge in [-0.2, -0.15) is 12.1 Å². The fourth-order valence-electron chi connectivity index (χ4n) is 6.62. The summed E-state index contributed by atoms with van der Waals surface area (Å²) in [4.78, 5) is 0. The van der Waals surface area contributed by atoms with E-state index in [9.17, 15) is 0 Å². The van der Waals surface area contributed by atoms with E-state index in [0.717, 1.165) is 0 Å². The van der Waals surface area contributed by atoms with E-state index in [1.165, 1.54) is 121 Å². The van der Waals surface area contributed by atoms with Crippen LogP contribution in [0.2, 0.25) is 0 Å². The van der Waals surface area contributed by atoms with Crippen molar-refractivity contribution in [1.29, 1.82) is 0 Å². The quantitative estimate of drug-likeness (QED) is 0.0853. The van der Waals surface area contributed by atoms with Gasteiger partial charge in [-0.3, -0.25) is 0 Å². The minimum absolute atomic E-state index is 0. The summed E-state index contributed by atoms with van der Waals surface area (Å²) in [7, 11) is 0. The topological polar surface area (TPSA) is 0 Å². The van der Waals surface area contributed by atoms with Crippen LogP contribution in [0.4, 0.5) is 0 Å². The maximum absolute atomic E-state index is 3.06. The average Bonchev–Trinajstić information content (AvgIpc) is 3.72. The van der Waals surface area contributed by atoms with E-state index in [-0.39, 0.29) is 50.5 Å². The Morgan fingerprint density at radius 1 is 0.642 bits per heavy atom. The Morgan fingerprint density at radius 2 is 1.15 bits per heavy atom. The summed E-state index contributed by atoms with van der Waals surface area (Å²) in [5, 5.41) is 5.55. The van der Waals surface area contributed by atoms with Crippen molar-refractivity contribution in [2.24, 2.45) is 0 Å². The van der Waals surface area contributed by atoms with Crippen molar-refractivity contribution in [1.82, 2.24) is 0 Å². The zero-order valence-corrected chi connectivity index (χ0v) is 39.6. The molecule has 0 saturated carbocycles. The normalized spacial score (nSPS) is 10.8. The van der Waals surface area contributed by atoms with Gasteiger partial charge in [0.1, 0.15) is 0 Å². The number of aryl methyl sites for hydroxylation is 2. The minimum atomic E-state index is 0. The van der Waals surface area contributed by atoms with Crippen LogP contribution in [0.25, 0.3) is 43.8 Å². The summed E-state index contributed by atoms with van der Waals surface area (Å²) >= 11 is 1.36. The molecule has 0 atom stereocenters. The summed E-state index contributed by atoms with van der Waals surface area (Å²) in [6.07, 6.45) is 5.10. The zero-order chi connectivity index (χ0) is 35.9. The third-order valence-electron chi connectivity index (χ3n) is 9.80. The maximum atomic E-state index is 3.06. The molecule has 286 valence electrons. The predicted octanol–water partition coefficient (Wildman–Crippen LogP) is 15.6. The van der Waals surface area contributed by atoms with Crippen LogP contribution in [0.3, 0.4) is 0 Å². The molecule has 0 spiro atoms. The summed E-state index contributed by atoms with van der Waals surface area (Å²) in [6, 6.07) is 38.9. The van der Waals surface area contributed by atoms with E-state index in [2.05, 4.69) is 179 Å². The standard InChI is InChI=1S/C25H31.C22H25.2CH3.2ClH.Si.Zr/c1-6-7-8-9-19-16-23-18(2)10-15-22(24(23)17-19)20-11-13-21(14-12-20)25(3,4)5;1-15(2)18-13-17-7-6-8-20(21(17)14-18)16-9-11-19(12-10-16)22(3,4)5;;;;;;/h10-17H,6-9H2,1-5H3;6-15H,1-5H3;2*1H3;2*1H;;/q4*-1;;;;. The van der Waals surface area contributed by atoms with Gasteiger partial charge in [-0.25, -0.2) is 0 Å². The summed E-state index contributed by atoms with van der Waals surface area (Å²) < 4.78 is 0. The van der Waals surface area contributed by atoms with Crippen LogP contribution in [0, 0.1) is 21.8 Å². The van der Waals surface area contributed by atoms with E-state index < -0.39 is 0 Å². The van der Waals surface area contributed by atoms with Gasteiger partial charge in [0.05, 0.1) is 0 Å². The van der Waals surface area contributed by atoms with Crippen molar-refractivity contribution in [3.8, 4) is 22.3 Å². The zero-order valence-electron chi connectivity index (χ0n) is 34.5. The molecule has 6 aromatic rings. The molecular formula is C49H64Cl2SiZr-4. The SMILES string of the molecule is CC(C)c1cc2c(-c3ccc(C(C)(C)C)cc3)cccc2[cH-]1.CCCCCc1cc2c(-c3ccc(C(C)(C)C)cc3)ccc(C)c2[cH-]1.Cl.Cl.[CH3-].[CH3-].[Si]=[Zr]. The van der Waals surface area contributed by atoms with Crippen molar-refractivity contribution in [2.45, 2.75) is 112 Å². The second-order valence-electron chi connectivity index (χ2n) is 16.0. The molecule has 0 aliphatic heterocycles. The van der Waals surface area contributed by atoms with E-state index >= 15 is 0 Å². The molecule has 53 heavy (non-hydrogen) atoms. The van der Waals surface area contributed by atoms with Gasteiger partial charge in [0.15, 0.2) is 0 Å². The second kappa shape index (κ2) is 22.4. The predicted molar refractivity (Wildman–Crippen MR) is 242 cm³/mol. The molecule has 0 aromatic heterocycles. The van der Waals surface area contributed by atoms with Crippen LogP contribution in [-0.4, -0.2) is 6.88 Å². The van der Waals surface area contributed by atoms with Crippen molar-refractivity contribution in [2.75, 3.05) is 0 Å². The Morgan fingerprint density at radius 3 is 1.62 bits per heavy atom. The van der Waals surface area contributed by atoms with Crippen molar-refractivity contribution < 1.29 is 23.3 Å². The third kappa shape index (κ3) is 12.9. The summed E-state index contributed by atoms with van der Waals surface area (Å²) in [6.45, 7) is 25.7. The Balaban J connectivity index is 0.000000914. The monoisotopic (exact) mass is 840 g/mol. The molecule has 0 unspecified atom stereocenters. The van der Waals surface area contributed by atoms with Gasteiger partial charge in [-0.05, 0) is 45.4 Å². The molecule has 0 nitrogen and oxygen atoms in total. The van der Waals surface area contributed by atoms with Crippen LogP contribution in [-0.2, 0) is 40.6 Å². The first-order valence-corrected chi connectivity index (χ1v) is 22.3. The molecule has 0 aliphatic carbocycles. The molecule has 6 aromatic carbocycles. The molecule has 0 heterocycles. The molecule has 0 aliphatic rings. The number of fused-ring (bicyclic) bond motifs is 2. The number of unbranched alkanes of at least 4 members (excludes halogenated alkanes) is 2. The van der Waals surface area contributed by atoms with Gasteiger partial charge in [-0.15, -0.1) is 93.4 Å². The van der Waals surface area contributed by atoms with Gasteiger partial charge in [0, 0.05) is 0 Å². The second-order valence-corrected chi connectivity index (χ2v) is 16.0. The van der Waals surface area contributed by atoms with E-state index in [0.29, 0.717) is 5.92 Å². The Kier molecular flexibility index (Phi) is 21.4. The van der Waals surface area contributed by atoms with Gasteiger partial charge in [-0.1, -0.05) is 160 Å². The van der Waals surface area contributed by atoms with E-state index in [1.54, 1.807) is 0 Å². The number of halogens is 2. The Labute approximate surface area is 353 Å². The summed E-state index contributed by atoms with van der Waals surface area (Å²) in [5.74, 6) is 0.573. The Bertz CT molecular complexity index is 1950. The molecule has 0 N–H and O–H groups in total. The van der Waals surface area contributed by atoms with Crippen molar-refractivity contribution in [3.05, 3.63) is 146 Å². The number of hydrogen-bond donors (Lipinski definition) is 0. The first-order chi connectivity index (χ1) is 23.3. The number of hydrogen-bond acceptors (Lipinski definition) is 0. The van der Waals surface area contributed by atoms with Crippen LogP contribution in [0.1, 0.15) is 115 Å². The first-order valence-electron chi connectivity index (χ1n) is 18.1. The molecule has 0 fully saturated rings. The molecule has 0 saturated heterocycles. The number of benzene rings is 4. The molecular weight excluding hydrogens is 779 g/mol. The van der Waals surface area contributed by atoms with Crippen LogP contribution in [0.5, 0.6) is 0 Å². The van der Waals surface area contributed by atoms with E-state index in [4.69, 9.17) is 0 Å². The van der Waals surface area contributed by atoms with Gasteiger partial charge < -0.3 is 14.9 Å². The van der Waals surface area contributed by atoms with Gasteiger partial charge in [0.2, 0.25) is 0 Å². The van der Waals surface area contributed by atoms with Gasteiger partial charge >= 0.3 is 30.2 Å². The molecule has 4 heteroatoms. The molecule has 0 bridgehead atoms. The van der Waals surface area contributed by atoms with Gasteiger partial charge in [0.25, 0.3) is 0 Å². The van der Waals surface area contributed by atoms with Crippen LogP contribution in [0.15, 0.2) is 103 Å². The van der Waals surface area contributed by atoms with Crippen LogP contribution >= 0.6 is 24.8 Å². The van der Waals surface area contributed by atoms with Crippen LogP contribution < -0.4 is 0 Å². The fourth-order valence-corrected chi connectivity index (χ4v) is 6.62. The molecule has 0 amide bonds. The molecule has 6 rings (SSSR count). The fraction of sp³-hybridized carbons (Fsp3) is 0.347. The van der Waals surface area contributed by atoms with E-state index in [1.807, 2.05) is 0 Å². The third-order valence-corrected chi connectivity index (χ3v) is 9.80. The number of rotatable bonds is 7. The molecule has 2 radical (unpaired) electrons. The Hall–Kier alpha value is -2.22. The van der Waals surface area contributed by atoms with Crippen molar-refractivity contribution in [3.63, 3.8) is 0 Å².